The van der Waals surface area contributed by atoms with Crippen molar-refractivity contribution >= 4 is 22.6 Å². The number of fused-ring (bicyclic) bond motifs is 1. The first-order chi connectivity index (χ1) is 8.82. The molecule has 98 valence electrons. The van der Waals surface area contributed by atoms with Gasteiger partial charge in [-0.25, -0.2) is 9.59 Å². The quantitative estimate of drug-likeness (QED) is 0.476. The topological polar surface area (TPSA) is 131 Å². The molecule has 2 N–H and O–H groups in total. The van der Waals surface area contributed by atoms with Gasteiger partial charge in [-0.15, -0.1) is 0 Å². The molecule has 0 radical (unpaired) electrons. The summed E-state index contributed by atoms with van der Waals surface area (Å²) < 4.78 is 4.78. The summed E-state index contributed by atoms with van der Waals surface area (Å²) in [5, 5.41) is 29.2. The smallest absolute Gasteiger partial charge is 0.351 e. The van der Waals surface area contributed by atoms with Gasteiger partial charge in [-0.05, 0) is 13.0 Å². The van der Waals surface area contributed by atoms with Gasteiger partial charge in [0.15, 0.2) is 0 Å². The van der Waals surface area contributed by atoms with Crippen LogP contribution in [0.3, 0.4) is 0 Å². The van der Waals surface area contributed by atoms with E-state index >= 15 is 0 Å². The lowest BCUT2D eigenvalue weighted by Gasteiger charge is -2.04. The Morgan fingerprint density at radius 1 is 1.42 bits per heavy atom. The van der Waals surface area contributed by atoms with Gasteiger partial charge in [-0.1, -0.05) is 0 Å². The molecule has 0 fully saturated rings. The summed E-state index contributed by atoms with van der Waals surface area (Å²) in [5.74, 6) is -2.12. The van der Waals surface area contributed by atoms with E-state index in [1.54, 1.807) is 0 Å². The van der Waals surface area contributed by atoms with Gasteiger partial charge in [0, 0.05) is 17.0 Å². The minimum atomic E-state index is -1.50. The van der Waals surface area contributed by atoms with Crippen LogP contribution in [0.15, 0.2) is 21.3 Å². The number of phenols is 1. The molecule has 0 amide bonds. The zero-order chi connectivity index (χ0) is 14.3. The molecule has 2 aromatic rings. The average Bonchev–Trinajstić information content (AvgIpc) is 2.33. The molecule has 0 unspecified atom stereocenters. The number of carbonyl (C=O) groups is 1. The van der Waals surface area contributed by atoms with Crippen LogP contribution in [0.1, 0.15) is 15.9 Å². The first kappa shape index (κ1) is 12.6. The van der Waals surface area contributed by atoms with Gasteiger partial charge >= 0.3 is 17.3 Å². The van der Waals surface area contributed by atoms with E-state index in [4.69, 9.17) is 9.52 Å². The van der Waals surface area contributed by atoms with Crippen LogP contribution in [0.25, 0.3) is 11.0 Å². The Balaban J connectivity index is 2.94. The summed E-state index contributed by atoms with van der Waals surface area (Å²) in [7, 11) is 0. The van der Waals surface area contributed by atoms with Crippen LogP contribution in [0.2, 0.25) is 0 Å². The van der Waals surface area contributed by atoms with Crippen molar-refractivity contribution in [3.8, 4) is 5.75 Å². The highest BCUT2D eigenvalue weighted by molar-refractivity contribution is 5.93. The molecule has 0 aliphatic rings. The van der Waals surface area contributed by atoms with E-state index in [1.165, 1.54) is 6.92 Å². The second-order valence-electron chi connectivity index (χ2n) is 3.80. The van der Waals surface area contributed by atoms with Crippen molar-refractivity contribution in [2.24, 2.45) is 0 Å². The van der Waals surface area contributed by atoms with Gasteiger partial charge in [0.05, 0.1) is 4.92 Å². The van der Waals surface area contributed by atoms with Crippen molar-refractivity contribution in [2.75, 3.05) is 0 Å². The summed E-state index contributed by atoms with van der Waals surface area (Å²) in [6.45, 7) is 1.33. The fourth-order valence-electron chi connectivity index (χ4n) is 1.69. The fraction of sp³-hybridized carbons (Fsp3) is 0.0909. The van der Waals surface area contributed by atoms with E-state index in [-0.39, 0.29) is 16.5 Å². The van der Waals surface area contributed by atoms with E-state index in [0.29, 0.717) is 0 Å². The molecule has 8 heteroatoms. The average molecular weight is 265 g/mol. The van der Waals surface area contributed by atoms with Crippen LogP contribution < -0.4 is 5.63 Å². The number of aromatic hydroxyl groups is 1. The molecule has 0 aliphatic carbocycles. The fourth-order valence-corrected chi connectivity index (χ4v) is 1.69. The normalized spacial score (nSPS) is 10.6. The first-order valence-corrected chi connectivity index (χ1v) is 5.01. The van der Waals surface area contributed by atoms with Crippen molar-refractivity contribution in [1.29, 1.82) is 0 Å². The molecule has 2 rings (SSSR count). The zero-order valence-corrected chi connectivity index (χ0v) is 9.54. The highest BCUT2D eigenvalue weighted by atomic mass is 16.6. The number of hydrogen-bond donors (Lipinski definition) is 2. The Morgan fingerprint density at radius 2 is 2.05 bits per heavy atom. The van der Waals surface area contributed by atoms with Crippen LogP contribution in [0.5, 0.6) is 5.75 Å². The summed E-state index contributed by atoms with van der Waals surface area (Å²) in [5.41, 5.74) is -2.39. The van der Waals surface area contributed by atoms with E-state index in [1.807, 2.05) is 0 Å². The van der Waals surface area contributed by atoms with Crippen molar-refractivity contribution in [3.63, 3.8) is 0 Å². The maximum absolute atomic E-state index is 11.4. The number of carboxylic acids is 1. The Bertz CT molecular complexity index is 775. The molecule has 0 atom stereocenters. The van der Waals surface area contributed by atoms with E-state index < -0.39 is 33.5 Å². The van der Waals surface area contributed by atoms with Gasteiger partial charge in [0.1, 0.15) is 11.1 Å². The Morgan fingerprint density at radius 3 is 2.58 bits per heavy atom. The van der Waals surface area contributed by atoms with Crippen LogP contribution >= 0.6 is 0 Å². The molecular weight excluding hydrogens is 258 g/mol. The number of hydrogen-bond acceptors (Lipinski definition) is 6. The van der Waals surface area contributed by atoms with Crippen molar-refractivity contribution < 1.29 is 24.3 Å². The molecule has 19 heavy (non-hydrogen) atoms. The van der Waals surface area contributed by atoms with Gasteiger partial charge in [-0.2, -0.15) is 0 Å². The SMILES string of the molecule is Cc1c(O)c([N+](=O)[O-])cc2cc(C(=O)O)c(=O)oc12. The third kappa shape index (κ3) is 1.88. The molecular formula is C11H7NO7. The third-order valence-electron chi connectivity index (χ3n) is 2.63. The molecule has 8 nitrogen and oxygen atoms in total. The second-order valence-corrected chi connectivity index (χ2v) is 3.80. The number of aromatic carboxylic acids is 1. The number of nitro benzene ring substituents is 1. The number of carboxylic acid groups (broad SMARTS) is 1. The standard InChI is InChI=1S/C11H7NO7/c1-4-8(13)7(12(17)18)3-5-2-6(10(14)15)11(16)19-9(4)5/h2-3,13H,1H3,(H,14,15). The maximum atomic E-state index is 11.4. The molecule has 0 saturated heterocycles. The number of aryl methyl sites for hydroxylation is 1. The molecule has 1 heterocycles. The highest BCUT2D eigenvalue weighted by Crippen LogP contribution is 2.35. The number of nitrogens with zero attached hydrogens (tertiary/aromatic N) is 1. The lowest BCUT2D eigenvalue weighted by atomic mass is 10.1. The van der Waals surface area contributed by atoms with Gasteiger partial charge in [0.2, 0.25) is 5.75 Å². The number of benzene rings is 1. The van der Waals surface area contributed by atoms with Crippen LogP contribution in [-0.4, -0.2) is 21.1 Å². The highest BCUT2D eigenvalue weighted by Gasteiger charge is 2.22. The lowest BCUT2D eigenvalue weighted by molar-refractivity contribution is -0.385. The molecule has 0 spiro atoms. The maximum Gasteiger partial charge on any atom is 0.351 e. The van der Waals surface area contributed by atoms with Crippen LogP contribution in [0.4, 0.5) is 5.69 Å². The van der Waals surface area contributed by atoms with Crippen molar-refractivity contribution in [1.82, 2.24) is 0 Å². The monoisotopic (exact) mass is 265 g/mol. The lowest BCUT2D eigenvalue weighted by Crippen LogP contribution is -2.13. The molecule has 1 aromatic heterocycles. The molecule has 0 saturated carbocycles. The second kappa shape index (κ2) is 4.09. The Kier molecular flexibility index (Phi) is 2.70. The van der Waals surface area contributed by atoms with E-state index in [0.717, 1.165) is 12.1 Å². The van der Waals surface area contributed by atoms with Crippen molar-refractivity contribution in [3.05, 3.63) is 43.8 Å². The van der Waals surface area contributed by atoms with E-state index in [9.17, 15) is 24.8 Å². The summed E-state index contributed by atoms with van der Waals surface area (Å²) in [6, 6.07) is 1.93. The predicted molar refractivity (Wildman–Crippen MR) is 62.5 cm³/mol. The summed E-state index contributed by atoms with van der Waals surface area (Å²) in [4.78, 5) is 32.1. The minimum Gasteiger partial charge on any atom is -0.502 e. The largest absolute Gasteiger partial charge is 0.502 e. The predicted octanol–water partition coefficient (Wildman–Crippen LogP) is 1.41. The van der Waals surface area contributed by atoms with Crippen LogP contribution in [0, 0.1) is 17.0 Å². The Labute approximate surface area is 104 Å². The van der Waals surface area contributed by atoms with Gasteiger partial charge in [-0.3, -0.25) is 10.1 Å². The first-order valence-electron chi connectivity index (χ1n) is 5.01. The number of nitro groups is 1. The summed E-state index contributed by atoms with van der Waals surface area (Å²) >= 11 is 0. The molecule has 0 bridgehead atoms. The zero-order valence-electron chi connectivity index (χ0n) is 9.54. The van der Waals surface area contributed by atoms with Gasteiger partial charge in [0.25, 0.3) is 0 Å². The van der Waals surface area contributed by atoms with E-state index in [2.05, 4.69) is 0 Å². The summed E-state index contributed by atoms with van der Waals surface area (Å²) in [6.07, 6.45) is 0. The van der Waals surface area contributed by atoms with Gasteiger partial charge < -0.3 is 14.6 Å². The van der Waals surface area contributed by atoms with Crippen molar-refractivity contribution in [2.45, 2.75) is 6.92 Å². The number of phenolic OH excluding ortho intramolecular Hbond substituents is 1. The van der Waals surface area contributed by atoms with Crippen LogP contribution in [-0.2, 0) is 0 Å². The third-order valence-corrected chi connectivity index (χ3v) is 2.63. The molecule has 1 aromatic carbocycles. The Hall–Kier alpha value is -2.90. The number of rotatable bonds is 2. The molecule has 0 aliphatic heterocycles. The minimum absolute atomic E-state index is 0.00163.